The van der Waals surface area contributed by atoms with Crippen molar-refractivity contribution in [3.05, 3.63) is 77.5 Å². The van der Waals surface area contributed by atoms with Crippen LogP contribution in [0.25, 0.3) is 17.0 Å². The molecule has 10 heteroatoms. The number of amides is 1. The third-order valence-electron chi connectivity index (χ3n) is 7.43. The number of aromatic nitrogens is 4. The maximum atomic E-state index is 11.7. The largest absolute Gasteiger partial charge is 0.492 e. The lowest BCUT2D eigenvalue weighted by Gasteiger charge is -2.26. The quantitative estimate of drug-likeness (QED) is 0.273. The van der Waals surface area contributed by atoms with Crippen LogP contribution in [-0.2, 0) is 10.2 Å². The van der Waals surface area contributed by atoms with E-state index >= 15 is 0 Å². The van der Waals surface area contributed by atoms with E-state index in [9.17, 15) is 4.79 Å². The Morgan fingerprint density at radius 2 is 1.92 bits per heavy atom. The summed E-state index contributed by atoms with van der Waals surface area (Å²) in [7, 11) is 0. The number of rotatable bonds is 8. The van der Waals surface area contributed by atoms with E-state index in [1.54, 1.807) is 23.8 Å². The zero-order valence-corrected chi connectivity index (χ0v) is 21.3. The van der Waals surface area contributed by atoms with Gasteiger partial charge in [-0.05, 0) is 49.6 Å². The van der Waals surface area contributed by atoms with Gasteiger partial charge in [-0.25, -0.2) is 20.4 Å². The van der Waals surface area contributed by atoms with Crippen LogP contribution >= 0.6 is 0 Å². The van der Waals surface area contributed by atoms with Crippen molar-refractivity contribution in [2.75, 3.05) is 39.5 Å². The maximum Gasteiger partial charge on any atom is 0.274 e. The minimum atomic E-state index is -0.534. The van der Waals surface area contributed by atoms with Gasteiger partial charge in [0, 0.05) is 43.7 Å². The van der Waals surface area contributed by atoms with Crippen molar-refractivity contribution in [3.63, 3.8) is 0 Å². The van der Waals surface area contributed by atoms with Gasteiger partial charge in [-0.3, -0.25) is 19.3 Å². The molecule has 0 bridgehead atoms. The molecule has 4 heterocycles. The number of fused-ring (bicyclic) bond motifs is 1. The van der Waals surface area contributed by atoms with E-state index in [2.05, 4.69) is 9.88 Å². The minimum Gasteiger partial charge on any atom is -0.492 e. The lowest BCUT2D eigenvalue weighted by atomic mass is 9.93. The van der Waals surface area contributed by atoms with Gasteiger partial charge in [0.15, 0.2) is 0 Å². The predicted octanol–water partition coefficient (Wildman–Crippen LogP) is 3.01. The zero-order chi connectivity index (χ0) is 26.1. The van der Waals surface area contributed by atoms with Crippen LogP contribution in [-0.4, -0.2) is 74.8 Å². The molecule has 0 radical (unpaired) electrons. The SMILES string of the molecule is Cc1nc2cc(OCCN3CCOCC3)ccn2c1-c1ccnc(C2(c3ccc(C(=O)NO)cc3)CC2)n1. The molecular weight excluding hydrogens is 484 g/mol. The number of carbonyl (C=O) groups is 1. The Balaban J connectivity index is 1.23. The van der Waals surface area contributed by atoms with E-state index in [1.165, 1.54) is 0 Å². The van der Waals surface area contributed by atoms with Gasteiger partial charge in [0.25, 0.3) is 5.91 Å². The van der Waals surface area contributed by atoms with Crippen LogP contribution in [0.5, 0.6) is 5.75 Å². The Labute approximate surface area is 220 Å². The number of nitrogens with one attached hydrogen (secondary N) is 1. The third kappa shape index (κ3) is 4.62. The number of carbonyl (C=O) groups excluding carboxylic acids is 1. The molecule has 0 atom stereocenters. The molecule has 2 N–H and O–H groups in total. The van der Waals surface area contributed by atoms with Gasteiger partial charge in [-0.2, -0.15) is 0 Å². The monoisotopic (exact) mass is 514 g/mol. The fraction of sp³-hybridized carbons (Fsp3) is 0.357. The van der Waals surface area contributed by atoms with Crippen molar-refractivity contribution in [3.8, 4) is 17.1 Å². The molecule has 1 aliphatic heterocycles. The second-order valence-electron chi connectivity index (χ2n) is 9.80. The summed E-state index contributed by atoms with van der Waals surface area (Å²) in [4.78, 5) is 28.5. The number of nitrogens with zero attached hydrogens (tertiary/aromatic N) is 5. The summed E-state index contributed by atoms with van der Waals surface area (Å²) in [6.45, 7) is 6.93. The van der Waals surface area contributed by atoms with Crippen molar-refractivity contribution in [2.45, 2.75) is 25.2 Å². The van der Waals surface area contributed by atoms with Crippen molar-refractivity contribution in [1.82, 2.24) is 29.7 Å². The van der Waals surface area contributed by atoms with E-state index in [0.717, 1.165) is 85.6 Å². The number of hydroxylamine groups is 1. The van der Waals surface area contributed by atoms with Crippen LogP contribution in [0.1, 0.15) is 40.3 Å². The van der Waals surface area contributed by atoms with Crippen molar-refractivity contribution >= 4 is 11.6 Å². The smallest absolute Gasteiger partial charge is 0.274 e. The van der Waals surface area contributed by atoms with Gasteiger partial charge in [0.05, 0.1) is 35.7 Å². The first-order valence-electron chi connectivity index (χ1n) is 12.9. The molecule has 1 aliphatic carbocycles. The highest BCUT2D eigenvalue weighted by Crippen LogP contribution is 2.52. The normalized spacial score (nSPS) is 16.9. The standard InChI is InChI=1S/C28H30N6O4/c1-19-25(34-11-7-22(18-24(34)30-19)38-17-14-33-12-15-37-16-13-33)23-6-10-29-27(31-23)28(8-9-28)21-4-2-20(3-5-21)26(35)32-36/h2-7,10-11,18,36H,8-9,12-17H2,1H3,(H,32,35). The summed E-state index contributed by atoms with van der Waals surface area (Å²) in [5.74, 6) is 1.01. The molecule has 1 amide bonds. The lowest BCUT2D eigenvalue weighted by Crippen LogP contribution is -2.38. The lowest BCUT2D eigenvalue weighted by molar-refractivity contribution is 0.0322. The molecule has 1 saturated carbocycles. The highest BCUT2D eigenvalue weighted by Gasteiger charge is 2.48. The summed E-state index contributed by atoms with van der Waals surface area (Å²) >= 11 is 0. The van der Waals surface area contributed by atoms with Gasteiger partial charge in [-0.1, -0.05) is 12.1 Å². The molecule has 0 unspecified atom stereocenters. The van der Waals surface area contributed by atoms with Crippen LogP contribution in [0, 0.1) is 6.92 Å². The predicted molar refractivity (Wildman–Crippen MR) is 139 cm³/mol. The maximum absolute atomic E-state index is 11.7. The molecule has 6 rings (SSSR count). The highest BCUT2D eigenvalue weighted by atomic mass is 16.5. The van der Waals surface area contributed by atoms with Gasteiger partial charge in [0.1, 0.15) is 23.8 Å². The first kappa shape index (κ1) is 24.5. The van der Waals surface area contributed by atoms with E-state index in [-0.39, 0.29) is 5.41 Å². The van der Waals surface area contributed by atoms with Gasteiger partial charge >= 0.3 is 0 Å². The summed E-state index contributed by atoms with van der Waals surface area (Å²) in [5.41, 5.74) is 6.26. The van der Waals surface area contributed by atoms with Crippen LogP contribution in [0.2, 0.25) is 0 Å². The van der Waals surface area contributed by atoms with Crippen molar-refractivity contribution < 1.29 is 19.5 Å². The number of hydrogen-bond acceptors (Lipinski definition) is 8. The molecule has 4 aromatic rings. The second-order valence-corrected chi connectivity index (χ2v) is 9.80. The number of benzene rings is 1. The minimum absolute atomic E-state index is 0.278. The molecule has 10 nitrogen and oxygen atoms in total. The number of hydrogen-bond donors (Lipinski definition) is 2. The van der Waals surface area contributed by atoms with Gasteiger partial charge in [0.2, 0.25) is 0 Å². The first-order chi connectivity index (χ1) is 18.6. The first-order valence-corrected chi connectivity index (χ1v) is 12.9. The second kappa shape index (κ2) is 10.1. The Kier molecular flexibility index (Phi) is 6.52. The van der Waals surface area contributed by atoms with Gasteiger partial charge in [-0.15, -0.1) is 0 Å². The Hall–Kier alpha value is -3.86. The Morgan fingerprint density at radius 3 is 2.66 bits per heavy atom. The highest BCUT2D eigenvalue weighted by molar-refractivity contribution is 5.93. The van der Waals surface area contributed by atoms with Crippen LogP contribution in [0.4, 0.5) is 0 Å². The molecule has 196 valence electrons. The Bertz CT molecular complexity index is 1460. The molecule has 38 heavy (non-hydrogen) atoms. The molecule has 0 spiro atoms. The summed E-state index contributed by atoms with van der Waals surface area (Å²) in [6, 6.07) is 13.1. The van der Waals surface area contributed by atoms with Crippen LogP contribution in [0.15, 0.2) is 54.9 Å². The van der Waals surface area contributed by atoms with Crippen molar-refractivity contribution in [1.29, 1.82) is 0 Å². The zero-order valence-electron chi connectivity index (χ0n) is 21.3. The molecule has 1 saturated heterocycles. The van der Waals surface area contributed by atoms with Crippen LogP contribution in [0.3, 0.4) is 0 Å². The third-order valence-corrected chi connectivity index (χ3v) is 7.43. The number of imidazole rings is 1. The number of aryl methyl sites for hydroxylation is 1. The molecule has 2 aliphatic rings. The number of ether oxygens (including phenoxy) is 2. The average Bonchev–Trinajstić information content (AvgIpc) is 3.70. The average molecular weight is 515 g/mol. The van der Waals surface area contributed by atoms with Gasteiger partial charge < -0.3 is 9.47 Å². The van der Waals surface area contributed by atoms with E-state index in [0.29, 0.717) is 12.2 Å². The van der Waals surface area contributed by atoms with Crippen molar-refractivity contribution in [2.24, 2.45) is 0 Å². The fourth-order valence-electron chi connectivity index (χ4n) is 5.15. The van der Waals surface area contributed by atoms with E-state index in [4.69, 9.17) is 24.6 Å². The summed E-state index contributed by atoms with van der Waals surface area (Å²) in [6.07, 6.45) is 5.64. The Morgan fingerprint density at radius 1 is 1.13 bits per heavy atom. The summed E-state index contributed by atoms with van der Waals surface area (Å²) < 4.78 is 13.5. The number of morpholine rings is 1. The number of pyridine rings is 1. The summed E-state index contributed by atoms with van der Waals surface area (Å²) in [5, 5.41) is 8.89. The topological polar surface area (TPSA) is 114 Å². The molecule has 2 fully saturated rings. The molecule has 1 aromatic carbocycles. The van der Waals surface area contributed by atoms with E-state index < -0.39 is 5.91 Å². The van der Waals surface area contributed by atoms with Crippen LogP contribution < -0.4 is 10.2 Å². The fourth-order valence-corrected chi connectivity index (χ4v) is 5.15. The van der Waals surface area contributed by atoms with E-state index in [1.807, 2.05) is 47.9 Å². The molecular formula is C28H30N6O4. The molecule has 3 aromatic heterocycles.